The Kier molecular flexibility index (Phi) is 6.59. The maximum Gasteiger partial charge on any atom is 0.230 e. The van der Waals surface area contributed by atoms with Crippen molar-refractivity contribution in [2.24, 2.45) is 0 Å². The highest BCUT2D eigenvalue weighted by atomic mass is 19.2. The van der Waals surface area contributed by atoms with Gasteiger partial charge in [-0.25, -0.2) is 23.1 Å². The van der Waals surface area contributed by atoms with Gasteiger partial charge in [0.25, 0.3) is 0 Å². The number of nitrogens with zero attached hydrogens (tertiary/aromatic N) is 2. The number of benzene rings is 3. The standard InChI is InChI=1S/C26H18F3N3O/c27-20-10-8-19(9-11-20)24-16-30-26(23(31-24)13-7-17-4-2-1-3-5-17)32-25(33)15-18-6-12-21(28)22(29)14-18/h1-14,16H,15H2,(H,30,32,33). The van der Waals surface area contributed by atoms with E-state index in [-0.39, 0.29) is 18.1 Å². The van der Waals surface area contributed by atoms with Crippen LogP contribution in [0, 0.1) is 17.5 Å². The van der Waals surface area contributed by atoms with Gasteiger partial charge in [-0.1, -0.05) is 42.5 Å². The largest absolute Gasteiger partial charge is 0.309 e. The Bertz CT molecular complexity index is 1310. The second-order valence-electron chi connectivity index (χ2n) is 7.21. The van der Waals surface area contributed by atoms with E-state index in [9.17, 15) is 18.0 Å². The summed E-state index contributed by atoms with van der Waals surface area (Å²) in [5, 5.41) is 2.68. The topological polar surface area (TPSA) is 54.9 Å². The van der Waals surface area contributed by atoms with Crippen LogP contribution in [0.3, 0.4) is 0 Å². The van der Waals surface area contributed by atoms with Crippen LogP contribution in [0.15, 0.2) is 79.0 Å². The maximum atomic E-state index is 13.5. The van der Waals surface area contributed by atoms with Gasteiger partial charge in [0.1, 0.15) is 11.5 Å². The molecule has 1 aromatic heterocycles. The van der Waals surface area contributed by atoms with Gasteiger partial charge in [0.15, 0.2) is 17.5 Å². The molecule has 0 atom stereocenters. The fourth-order valence-corrected chi connectivity index (χ4v) is 3.13. The van der Waals surface area contributed by atoms with Gasteiger partial charge < -0.3 is 5.32 Å². The fraction of sp³-hybridized carbons (Fsp3) is 0.0385. The monoisotopic (exact) mass is 445 g/mol. The highest BCUT2D eigenvalue weighted by Crippen LogP contribution is 2.22. The molecule has 33 heavy (non-hydrogen) atoms. The van der Waals surface area contributed by atoms with Crippen LogP contribution in [0.1, 0.15) is 16.8 Å². The second-order valence-corrected chi connectivity index (χ2v) is 7.21. The van der Waals surface area contributed by atoms with Gasteiger partial charge in [-0.15, -0.1) is 0 Å². The quantitative estimate of drug-likeness (QED) is 0.401. The molecule has 1 N–H and O–H groups in total. The zero-order valence-corrected chi connectivity index (χ0v) is 17.3. The minimum absolute atomic E-state index is 0.166. The average Bonchev–Trinajstić information content (AvgIpc) is 2.82. The minimum Gasteiger partial charge on any atom is -0.309 e. The zero-order valence-electron chi connectivity index (χ0n) is 17.3. The van der Waals surface area contributed by atoms with E-state index in [0.29, 0.717) is 22.5 Å². The highest BCUT2D eigenvalue weighted by molar-refractivity contribution is 5.93. The summed E-state index contributed by atoms with van der Waals surface area (Å²) in [5.74, 6) is -2.61. The number of amides is 1. The molecule has 1 heterocycles. The number of hydrogen-bond donors (Lipinski definition) is 1. The van der Waals surface area contributed by atoms with E-state index in [2.05, 4.69) is 15.3 Å². The van der Waals surface area contributed by atoms with E-state index < -0.39 is 17.5 Å². The summed E-state index contributed by atoms with van der Waals surface area (Å²) in [7, 11) is 0. The summed E-state index contributed by atoms with van der Waals surface area (Å²) >= 11 is 0. The molecule has 4 rings (SSSR count). The molecule has 0 radical (unpaired) electrons. The van der Waals surface area contributed by atoms with E-state index >= 15 is 0 Å². The number of nitrogens with one attached hydrogen (secondary N) is 1. The van der Waals surface area contributed by atoms with Crippen molar-refractivity contribution in [3.05, 3.63) is 113 Å². The molecule has 0 aliphatic heterocycles. The average molecular weight is 445 g/mol. The molecule has 7 heteroatoms. The Labute approximate surface area is 188 Å². The number of carbonyl (C=O) groups excluding carboxylic acids is 1. The second kappa shape index (κ2) is 9.91. The summed E-state index contributed by atoms with van der Waals surface area (Å²) in [6, 6.07) is 18.6. The summed E-state index contributed by atoms with van der Waals surface area (Å²) in [6.07, 6.45) is 4.84. The van der Waals surface area contributed by atoms with Crippen molar-refractivity contribution < 1.29 is 18.0 Å². The summed E-state index contributed by atoms with van der Waals surface area (Å²) in [5.41, 5.74) is 2.80. The Morgan fingerprint density at radius 2 is 1.64 bits per heavy atom. The van der Waals surface area contributed by atoms with Crippen LogP contribution >= 0.6 is 0 Å². The lowest BCUT2D eigenvalue weighted by atomic mass is 10.1. The van der Waals surface area contributed by atoms with Crippen molar-refractivity contribution in [1.29, 1.82) is 0 Å². The lowest BCUT2D eigenvalue weighted by molar-refractivity contribution is -0.115. The molecule has 0 saturated carbocycles. The van der Waals surface area contributed by atoms with E-state index in [1.807, 2.05) is 36.4 Å². The van der Waals surface area contributed by atoms with Gasteiger partial charge in [-0.3, -0.25) is 4.79 Å². The highest BCUT2D eigenvalue weighted by Gasteiger charge is 2.12. The molecule has 164 valence electrons. The van der Waals surface area contributed by atoms with Crippen LogP contribution in [-0.2, 0) is 11.2 Å². The first kappa shape index (κ1) is 22.0. The van der Waals surface area contributed by atoms with Crippen LogP contribution in [0.25, 0.3) is 23.4 Å². The van der Waals surface area contributed by atoms with E-state index in [4.69, 9.17) is 0 Å². The molecule has 0 spiro atoms. The van der Waals surface area contributed by atoms with Gasteiger partial charge in [0.2, 0.25) is 5.91 Å². The van der Waals surface area contributed by atoms with E-state index in [1.165, 1.54) is 24.4 Å². The summed E-state index contributed by atoms with van der Waals surface area (Å²) in [4.78, 5) is 21.4. The molecule has 3 aromatic carbocycles. The first-order valence-corrected chi connectivity index (χ1v) is 10.1. The van der Waals surface area contributed by atoms with Crippen molar-refractivity contribution in [2.75, 3.05) is 5.32 Å². The Morgan fingerprint density at radius 3 is 2.36 bits per heavy atom. The number of anilines is 1. The predicted molar refractivity (Wildman–Crippen MR) is 121 cm³/mol. The van der Waals surface area contributed by atoms with Crippen molar-refractivity contribution in [3.63, 3.8) is 0 Å². The maximum absolute atomic E-state index is 13.5. The smallest absolute Gasteiger partial charge is 0.230 e. The first-order valence-electron chi connectivity index (χ1n) is 10.1. The third kappa shape index (κ3) is 5.71. The third-order valence-electron chi connectivity index (χ3n) is 4.78. The normalized spacial score (nSPS) is 11.0. The molecule has 1 amide bonds. The Balaban J connectivity index is 1.62. The van der Waals surface area contributed by atoms with Gasteiger partial charge in [0.05, 0.1) is 18.3 Å². The summed E-state index contributed by atoms with van der Waals surface area (Å²) in [6.45, 7) is 0. The lowest BCUT2D eigenvalue weighted by Crippen LogP contribution is -2.17. The third-order valence-corrected chi connectivity index (χ3v) is 4.78. The molecular weight excluding hydrogens is 427 g/mol. The van der Waals surface area contributed by atoms with Crippen molar-refractivity contribution in [1.82, 2.24) is 9.97 Å². The van der Waals surface area contributed by atoms with Gasteiger partial charge >= 0.3 is 0 Å². The molecule has 0 aliphatic carbocycles. The molecule has 0 aliphatic rings. The first-order chi connectivity index (χ1) is 16.0. The van der Waals surface area contributed by atoms with Crippen molar-refractivity contribution in [3.8, 4) is 11.3 Å². The molecule has 0 saturated heterocycles. The molecule has 0 unspecified atom stereocenters. The molecule has 0 bridgehead atoms. The van der Waals surface area contributed by atoms with Crippen molar-refractivity contribution >= 4 is 23.9 Å². The Hall–Kier alpha value is -4.26. The number of rotatable bonds is 6. The number of hydrogen-bond acceptors (Lipinski definition) is 3. The molecule has 4 aromatic rings. The van der Waals surface area contributed by atoms with Crippen LogP contribution in [-0.4, -0.2) is 15.9 Å². The van der Waals surface area contributed by atoms with E-state index in [0.717, 1.165) is 17.7 Å². The zero-order chi connectivity index (χ0) is 23.2. The fourth-order valence-electron chi connectivity index (χ4n) is 3.13. The molecule has 0 fully saturated rings. The Morgan fingerprint density at radius 1 is 0.879 bits per heavy atom. The van der Waals surface area contributed by atoms with Crippen LogP contribution in [0.2, 0.25) is 0 Å². The van der Waals surface area contributed by atoms with Crippen LogP contribution < -0.4 is 5.32 Å². The summed E-state index contributed by atoms with van der Waals surface area (Å²) < 4.78 is 39.9. The van der Waals surface area contributed by atoms with E-state index in [1.54, 1.807) is 18.2 Å². The van der Waals surface area contributed by atoms with Gasteiger partial charge in [-0.05, 0) is 53.6 Å². The van der Waals surface area contributed by atoms with Crippen LogP contribution in [0.5, 0.6) is 0 Å². The predicted octanol–water partition coefficient (Wildman–Crippen LogP) is 5.91. The molecular formula is C26H18F3N3O. The van der Waals surface area contributed by atoms with Crippen molar-refractivity contribution in [2.45, 2.75) is 6.42 Å². The number of aromatic nitrogens is 2. The number of halogens is 3. The lowest BCUT2D eigenvalue weighted by Gasteiger charge is -2.10. The van der Waals surface area contributed by atoms with Gasteiger partial charge in [0, 0.05) is 5.56 Å². The van der Waals surface area contributed by atoms with Crippen LogP contribution in [0.4, 0.5) is 19.0 Å². The van der Waals surface area contributed by atoms with Gasteiger partial charge in [-0.2, -0.15) is 0 Å². The number of carbonyl (C=O) groups is 1. The molecule has 4 nitrogen and oxygen atoms in total. The SMILES string of the molecule is O=C(Cc1ccc(F)c(F)c1)Nc1ncc(-c2ccc(F)cc2)nc1C=Cc1ccccc1. The minimum atomic E-state index is -1.02.